The van der Waals surface area contributed by atoms with Crippen molar-refractivity contribution < 1.29 is 14.3 Å². The maximum absolute atomic E-state index is 13.2. The van der Waals surface area contributed by atoms with Gasteiger partial charge in [0, 0.05) is 23.8 Å². The van der Waals surface area contributed by atoms with Crippen molar-refractivity contribution in [1.29, 1.82) is 0 Å². The predicted octanol–water partition coefficient (Wildman–Crippen LogP) is 5.94. The van der Waals surface area contributed by atoms with Crippen molar-refractivity contribution >= 4 is 34.5 Å². The van der Waals surface area contributed by atoms with Gasteiger partial charge in [0.2, 0.25) is 11.9 Å². The van der Waals surface area contributed by atoms with Crippen LogP contribution in [0.5, 0.6) is 5.75 Å². The number of nitrogens with one attached hydrogen (secondary N) is 3. The third-order valence-electron chi connectivity index (χ3n) is 6.77. The first-order chi connectivity index (χ1) is 18.6. The van der Waals surface area contributed by atoms with E-state index >= 15 is 0 Å². The molecule has 0 saturated carbocycles. The third-order valence-corrected chi connectivity index (χ3v) is 6.77. The molecule has 0 aliphatic rings. The topological polar surface area (TPSA) is 97.3 Å². The number of benzene rings is 3. The fraction of sp³-hybridized carbons (Fsp3) is 0.258. The van der Waals surface area contributed by atoms with E-state index in [9.17, 15) is 9.59 Å². The Bertz CT molecular complexity index is 1500. The van der Waals surface area contributed by atoms with E-state index < -0.39 is 0 Å². The Kier molecular flexibility index (Phi) is 8.16. The molecule has 0 bridgehead atoms. The van der Waals surface area contributed by atoms with Gasteiger partial charge < -0.3 is 15.4 Å². The van der Waals surface area contributed by atoms with E-state index in [4.69, 9.17) is 9.72 Å². The molecule has 3 aromatic carbocycles. The third kappa shape index (κ3) is 6.53. The number of hydrogen-bond donors (Lipinski definition) is 3. The van der Waals surface area contributed by atoms with Gasteiger partial charge in [-0.15, -0.1) is 0 Å². The van der Waals surface area contributed by atoms with Crippen LogP contribution in [0.4, 0.5) is 11.6 Å². The lowest BCUT2D eigenvalue weighted by Crippen LogP contribution is -2.37. The largest absolute Gasteiger partial charge is 0.497 e. The lowest BCUT2D eigenvalue weighted by molar-refractivity contribution is -0.111. The minimum atomic E-state index is -0.308. The van der Waals surface area contributed by atoms with Crippen molar-refractivity contribution in [2.45, 2.75) is 40.3 Å². The SMILES string of the molecule is C=CC(=O)Nc1cccc(-n2c(NC(=O)c3ccc(OC)cc3)nc3cc(CN[C@@H](C)C(C)(C)C)ccc32)c1. The Labute approximate surface area is 229 Å². The summed E-state index contributed by atoms with van der Waals surface area (Å²) in [5, 5.41) is 9.34. The molecule has 39 heavy (non-hydrogen) atoms. The number of methoxy groups -OCH3 is 1. The number of imidazole rings is 1. The first-order valence-corrected chi connectivity index (χ1v) is 12.8. The second-order valence-electron chi connectivity index (χ2n) is 10.5. The first kappa shape index (κ1) is 27.6. The van der Waals surface area contributed by atoms with Crippen LogP contribution in [-0.4, -0.2) is 34.5 Å². The van der Waals surface area contributed by atoms with E-state index in [1.807, 2.05) is 34.9 Å². The number of ether oxygens (including phenoxy) is 1. The van der Waals surface area contributed by atoms with Crippen LogP contribution in [0.1, 0.15) is 43.6 Å². The smallest absolute Gasteiger partial charge is 0.257 e. The van der Waals surface area contributed by atoms with Gasteiger partial charge in [0.25, 0.3) is 5.91 Å². The normalized spacial score (nSPS) is 12.1. The van der Waals surface area contributed by atoms with E-state index in [0.717, 1.165) is 22.3 Å². The lowest BCUT2D eigenvalue weighted by atomic mass is 9.88. The quantitative estimate of drug-likeness (QED) is 0.235. The highest BCUT2D eigenvalue weighted by Gasteiger charge is 2.20. The van der Waals surface area contributed by atoms with Crippen molar-refractivity contribution in [3.63, 3.8) is 0 Å². The number of carbonyl (C=O) groups excluding carboxylic acids is 2. The van der Waals surface area contributed by atoms with E-state index in [1.54, 1.807) is 37.4 Å². The molecule has 0 saturated heterocycles. The molecular weight excluding hydrogens is 490 g/mol. The van der Waals surface area contributed by atoms with Crippen LogP contribution >= 0.6 is 0 Å². The van der Waals surface area contributed by atoms with Crippen molar-refractivity contribution in [3.8, 4) is 11.4 Å². The Balaban J connectivity index is 1.73. The standard InChI is InChI=1S/C31H35N5O3/c1-7-28(37)33-23-9-8-10-24(18-23)36-27-16-11-21(19-32-20(2)31(3,4)5)17-26(27)34-30(36)35-29(38)22-12-14-25(39-6)15-13-22/h7-18,20,32H,1,19H2,2-6H3,(H,33,37)(H,34,35,38)/t20-/m0/s1. The molecule has 0 fully saturated rings. The summed E-state index contributed by atoms with van der Waals surface area (Å²) in [6, 6.07) is 20.6. The van der Waals surface area contributed by atoms with E-state index in [-0.39, 0.29) is 17.2 Å². The van der Waals surface area contributed by atoms with Crippen LogP contribution in [0, 0.1) is 5.41 Å². The summed E-state index contributed by atoms with van der Waals surface area (Å²) in [4.78, 5) is 29.9. The second-order valence-corrected chi connectivity index (χ2v) is 10.5. The number of fused-ring (bicyclic) bond motifs is 1. The summed E-state index contributed by atoms with van der Waals surface area (Å²) >= 11 is 0. The molecule has 202 valence electrons. The number of rotatable bonds is 9. The zero-order chi connectivity index (χ0) is 28.2. The first-order valence-electron chi connectivity index (χ1n) is 12.8. The molecule has 2 amide bonds. The highest BCUT2D eigenvalue weighted by molar-refractivity contribution is 6.04. The van der Waals surface area contributed by atoms with Crippen LogP contribution in [0.25, 0.3) is 16.7 Å². The van der Waals surface area contributed by atoms with E-state index in [0.29, 0.717) is 35.5 Å². The summed E-state index contributed by atoms with van der Waals surface area (Å²) in [5.74, 6) is 0.425. The van der Waals surface area contributed by atoms with Gasteiger partial charge in [0.05, 0.1) is 23.8 Å². The van der Waals surface area contributed by atoms with Gasteiger partial charge in [-0.2, -0.15) is 0 Å². The highest BCUT2D eigenvalue weighted by atomic mass is 16.5. The fourth-order valence-corrected chi connectivity index (χ4v) is 3.99. The molecular formula is C31H35N5O3. The molecule has 0 radical (unpaired) electrons. The Morgan fingerprint density at radius 2 is 1.79 bits per heavy atom. The number of anilines is 2. The van der Waals surface area contributed by atoms with Gasteiger partial charge in [-0.1, -0.05) is 39.5 Å². The van der Waals surface area contributed by atoms with Crippen LogP contribution in [-0.2, 0) is 11.3 Å². The number of hydrogen-bond acceptors (Lipinski definition) is 5. The summed E-state index contributed by atoms with van der Waals surface area (Å²) < 4.78 is 7.08. The number of aromatic nitrogens is 2. The lowest BCUT2D eigenvalue weighted by Gasteiger charge is -2.28. The maximum atomic E-state index is 13.2. The molecule has 4 rings (SSSR count). The van der Waals surface area contributed by atoms with Crippen molar-refractivity contribution in [2.75, 3.05) is 17.7 Å². The van der Waals surface area contributed by atoms with Crippen LogP contribution in [0.3, 0.4) is 0 Å². The Morgan fingerprint density at radius 3 is 2.46 bits per heavy atom. The van der Waals surface area contributed by atoms with E-state index in [2.05, 4.69) is 56.3 Å². The molecule has 0 spiro atoms. The molecule has 0 aliphatic heterocycles. The monoisotopic (exact) mass is 525 g/mol. The van der Waals surface area contributed by atoms with Crippen LogP contribution in [0.2, 0.25) is 0 Å². The van der Waals surface area contributed by atoms with Gasteiger partial charge >= 0.3 is 0 Å². The summed E-state index contributed by atoms with van der Waals surface area (Å²) in [6.07, 6.45) is 1.22. The molecule has 3 N–H and O–H groups in total. The maximum Gasteiger partial charge on any atom is 0.257 e. The average molecular weight is 526 g/mol. The fourth-order valence-electron chi connectivity index (χ4n) is 3.99. The molecule has 0 unspecified atom stereocenters. The van der Waals surface area contributed by atoms with Gasteiger partial charge in [-0.3, -0.25) is 19.5 Å². The summed E-state index contributed by atoms with van der Waals surface area (Å²) in [5.41, 5.74) is 4.59. The number of amides is 2. The van der Waals surface area contributed by atoms with Crippen LogP contribution in [0.15, 0.2) is 79.4 Å². The molecule has 0 aliphatic carbocycles. The number of nitrogens with zero attached hydrogens (tertiary/aromatic N) is 2. The average Bonchev–Trinajstić information content (AvgIpc) is 3.28. The van der Waals surface area contributed by atoms with Crippen molar-refractivity contribution in [2.24, 2.45) is 5.41 Å². The Hall–Kier alpha value is -4.43. The van der Waals surface area contributed by atoms with Gasteiger partial charge in [0.1, 0.15) is 5.75 Å². The van der Waals surface area contributed by atoms with Gasteiger partial charge in [0.15, 0.2) is 0 Å². The molecule has 4 aromatic rings. The zero-order valence-electron chi connectivity index (χ0n) is 23.0. The van der Waals surface area contributed by atoms with Crippen molar-refractivity contribution in [3.05, 3.63) is 90.5 Å². The Morgan fingerprint density at radius 1 is 1.05 bits per heavy atom. The number of carbonyl (C=O) groups is 2. The summed E-state index contributed by atoms with van der Waals surface area (Å²) in [7, 11) is 1.58. The zero-order valence-corrected chi connectivity index (χ0v) is 23.0. The molecule has 1 aromatic heterocycles. The van der Waals surface area contributed by atoms with Crippen LogP contribution < -0.4 is 20.7 Å². The second kappa shape index (κ2) is 11.5. The molecule has 1 heterocycles. The predicted molar refractivity (Wildman–Crippen MR) is 157 cm³/mol. The van der Waals surface area contributed by atoms with Gasteiger partial charge in [-0.05, 0) is 78.6 Å². The minimum absolute atomic E-state index is 0.136. The van der Waals surface area contributed by atoms with Gasteiger partial charge in [-0.25, -0.2) is 4.98 Å². The van der Waals surface area contributed by atoms with E-state index in [1.165, 1.54) is 6.08 Å². The van der Waals surface area contributed by atoms with Crippen molar-refractivity contribution in [1.82, 2.24) is 14.9 Å². The molecule has 8 heteroatoms. The highest BCUT2D eigenvalue weighted by Crippen LogP contribution is 2.28. The minimum Gasteiger partial charge on any atom is -0.497 e. The molecule has 1 atom stereocenters. The summed E-state index contributed by atoms with van der Waals surface area (Å²) in [6.45, 7) is 13.0. The molecule has 8 nitrogen and oxygen atoms in total.